The summed E-state index contributed by atoms with van der Waals surface area (Å²) >= 11 is 0. The molecule has 12 aliphatic rings. The van der Waals surface area contributed by atoms with Crippen LogP contribution in [0.15, 0.2) is 65.7 Å². The molecule has 15 rings (SSSR count). The SMILES string of the molecule is C1CCC(C2=N[C@H]3CCCC[C@H]3C2)CC1.C1CCC(C2C[C@@H]3CCCC[C@@H]3N2)CC1.C[Si](C)(C)C#N.Cl.N#CC1(C2CCCCC2)C[C@@H]2CCCC[C@@H]2N1.O=C(O)C1(C2CCCCC2)C[C@@H]2CCCC[C@@H]2N1.c1ccc(-c2cc3ccccc3[nH]2)cc1. The number of carboxylic acid groups (broad SMARTS) is 1. The van der Waals surface area contributed by atoms with Crippen LogP contribution in [0.4, 0.5) is 0 Å². The summed E-state index contributed by atoms with van der Waals surface area (Å²) in [6.45, 7) is 6.06. The molecule has 5 N–H and O–H groups in total. The van der Waals surface area contributed by atoms with Crippen molar-refractivity contribution >= 4 is 43.1 Å². The number of aliphatic carboxylic acids is 1. The first-order chi connectivity index (χ1) is 41.9. The van der Waals surface area contributed by atoms with Crippen molar-refractivity contribution in [1.82, 2.24) is 20.9 Å². The van der Waals surface area contributed by atoms with E-state index in [1.165, 1.54) is 253 Å². The van der Waals surface area contributed by atoms with Crippen LogP contribution in [-0.2, 0) is 4.79 Å². The molecule has 3 saturated heterocycles. The zero-order valence-corrected chi connectivity index (χ0v) is 56.5. The molecule has 11 heteroatoms. The Bertz CT molecular complexity index is 2570. The number of aliphatic imine (C=N–C) groups is 1. The first-order valence-corrected chi connectivity index (χ1v) is 40.0. The number of nitrogens with one attached hydrogen (secondary N) is 4. The maximum absolute atomic E-state index is 11.9. The van der Waals surface area contributed by atoms with Crippen LogP contribution in [0.5, 0.6) is 0 Å². The van der Waals surface area contributed by atoms with E-state index < -0.39 is 19.6 Å². The molecular weight excluding hydrogens is 1110 g/mol. The summed E-state index contributed by atoms with van der Waals surface area (Å²) in [4.78, 5) is 20.4. The van der Waals surface area contributed by atoms with Gasteiger partial charge in [0.2, 0.25) is 0 Å². The largest absolute Gasteiger partial charge is 0.480 e. The van der Waals surface area contributed by atoms with Crippen LogP contribution in [0.2, 0.25) is 19.6 Å². The molecule has 0 spiro atoms. The Balaban J connectivity index is 0.000000126. The molecule has 0 amide bonds. The lowest BCUT2D eigenvalue weighted by Crippen LogP contribution is -2.55. The van der Waals surface area contributed by atoms with Gasteiger partial charge in [-0.1, -0.05) is 197 Å². The lowest BCUT2D eigenvalue weighted by molar-refractivity contribution is -0.147. The van der Waals surface area contributed by atoms with Crippen LogP contribution in [0.25, 0.3) is 22.2 Å². The van der Waals surface area contributed by atoms with E-state index in [-0.39, 0.29) is 17.9 Å². The average Bonchev–Trinajstić information content (AvgIpc) is 2.64. The number of aromatic amines is 1. The van der Waals surface area contributed by atoms with E-state index in [0.29, 0.717) is 29.8 Å². The molecule has 480 valence electrons. The molecule has 11 fully saturated rings. The van der Waals surface area contributed by atoms with E-state index in [9.17, 15) is 15.2 Å². The summed E-state index contributed by atoms with van der Waals surface area (Å²) in [5, 5.41) is 40.3. The highest BCUT2D eigenvalue weighted by molar-refractivity contribution is 6.83. The zero-order valence-electron chi connectivity index (χ0n) is 54.7. The quantitative estimate of drug-likeness (QED) is 0.154. The minimum Gasteiger partial charge on any atom is -0.480 e. The smallest absolute Gasteiger partial charge is 0.324 e. The van der Waals surface area contributed by atoms with E-state index in [1.54, 1.807) is 5.71 Å². The van der Waals surface area contributed by atoms with Gasteiger partial charge in [0, 0.05) is 52.2 Å². The van der Waals surface area contributed by atoms with Gasteiger partial charge in [0.1, 0.15) is 11.1 Å². The van der Waals surface area contributed by atoms with Gasteiger partial charge in [0.15, 0.2) is 8.07 Å². The summed E-state index contributed by atoms with van der Waals surface area (Å²) in [5.74, 6) is 5.77. The number of halogens is 1. The number of fused-ring (bicyclic) bond motifs is 5. The van der Waals surface area contributed by atoms with Crippen LogP contribution >= 0.6 is 12.4 Å². The number of H-pyrrole nitrogens is 1. The summed E-state index contributed by atoms with van der Waals surface area (Å²) in [7, 11) is -1.33. The van der Waals surface area contributed by atoms with Crippen LogP contribution in [0, 0.1) is 69.6 Å². The van der Waals surface area contributed by atoms with Crippen molar-refractivity contribution in [3.63, 3.8) is 0 Å². The van der Waals surface area contributed by atoms with E-state index in [4.69, 9.17) is 10.3 Å². The fraction of sp³-hybridized carbons (Fsp3) is 0.763. The zero-order chi connectivity index (χ0) is 59.8. The molecule has 9 nitrogen and oxygen atoms in total. The van der Waals surface area contributed by atoms with Crippen molar-refractivity contribution < 1.29 is 9.90 Å². The molecule has 8 aliphatic carbocycles. The first kappa shape index (κ1) is 67.9. The van der Waals surface area contributed by atoms with E-state index in [2.05, 4.69) is 81.2 Å². The number of aromatic nitrogens is 1. The summed E-state index contributed by atoms with van der Waals surface area (Å²) in [6.07, 6.45) is 54.4. The lowest BCUT2D eigenvalue weighted by atomic mass is 9.72. The predicted octanol–water partition coefficient (Wildman–Crippen LogP) is 19.4. The number of hydrogen-bond acceptors (Lipinski definition) is 7. The molecular formula is C76H118ClN7O2Si. The molecule has 4 aliphatic heterocycles. The number of nitrogens with zero attached hydrogens (tertiary/aromatic N) is 3. The number of nitriles is 2. The van der Waals surface area contributed by atoms with Gasteiger partial charge in [-0.15, -0.1) is 12.4 Å². The van der Waals surface area contributed by atoms with Crippen LogP contribution < -0.4 is 16.0 Å². The molecule has 11 atom stereocenters. The standard InChI is InChI=1S/C15H24N2.C15H25NO2.C14H25N.C14H23N.C14H11N.C4H9NSi.ClH/c16-11-15(13-7-2-1-3-8-13)10-12-6-4-5-9-14(12)17-15;17-14(18)15(12-7-2-1-3-8-12)10-11-6-4-5-9-13(11)16-15;3*1-2-6-11(7-3-1)14-10-12-8-4-5-9-13(12)15-14;1-6(2,3)4-5;/h12-14,17H,1-10H2;11-13,16H,1-10H2,(H,17,18);11-15H,1-10H2;11-13H,1-10H2;1-10,15H;1-3H3;1H/t12-,14-,15?;11-,13-,15?;12-,13-,14?;12-,13-;;;/m0000.../s1. The topological polar surface area (TPSA) is 149 Å². The Morgan fingerprint density at radius 1 is 0.540 bits per heavy atom. The molecule has 0 bridgehead atoms. The number of para-hydroxylation sites is 1. The van der Waals surface area contributed by atoms with Gasteiger partial charge in [0.25, 0.3) is 0 Å². The molecule has 3 aromatic rings. The van der Waals surface area contributed by atoms with Crippen molar-refractivity contribution in [3.8, 4) is 23.0 Å². The van der Waals surface area contributed by atoms with E-state index in [1.807, 2.05) is 31.8 Å². The monoisotopic (exact) mass is 1220 g/mol. The Morgan fingerprint density at radius 3 is 1.60 bits per heavy atom. The molecule has 3 unspecified atom stereocenters. The average molecular weight is 1230 g/mol. The van der Waals surface area contributed by atoms with Crippen LogP contribution in [0.3, 0.4) is 0 Å². The van der Waals surface area contributed by atoms with E-state index in [0.717, 1.165) is 73.4 Å². The molecule has 5 heterocycles. The van der Waals surface area contributed by atoms with Crippen LogP contribution in [-0.4, -0.2) is 71.1 Å². The van der Waals surface area contributed by atoms with Crippen molar-refractivity contribution in [2.75, 3.05) is 0 Å². The fourth-order valence-electron chi connectivity index (χ4n) is 19.1. The predicted molar refractivity (Wildman–Crippen MR) is 367 cm³/mol. The number of carboxylic acids is 1. The highest BCUT2D eigenvalue weighted by Crippen LogP contribution is 2.48. The van der Waals surface area contributed by atoms with Gasteiger partial charge in [-0.05, 0) is 193 Å². The maximum Gasteiger partial charge on any atom is 0.324 e. The minimum atomic E-state index is -1.33. The van der Waals surface area contributed by atoms with Gasteiger partial charge >= 0.3 is 5.97 Å². The number of hydrogen-bond donors (Lipinski definition) is 5. The van der Waals surface area contributed by atoms with Gasteiger partial charge in [-0.25, -0.2) is 5.26 Å². The number of benzene rings is 2. The van der Waals surface area contributed by atoms with Crippen LogP contribution in [0.1, 0.15) is 257 Å². The molecule has 2 aromatic carbocycles. The normalized spacial score (nSPS) is 33.4. The van der Waals surface area contributed by atoms with Crippen molar-refractivity contribution in [3.05, 3.63) is 60.7 Å². The minimum absolute atomic E-state index is 0. The fourth-order valence-corrected chi connectivity index (χ4v) is 19.1. The van der Waals surface area contributed by atoms with Gasteiger partial charge in [0.05, 0.1) is 12.1 Å². The lowest BCUT2D eigenvalue weighted by Gasteiger charge is -2.37. The second kappa shape index (κ2) is 33.2. The van der Waals surface area contributed by atoms with Gasteiger partial charge in [-0.3, -0.25) is 20.4 Å². The highest BCUT2D eigenvalue weighted by Gasteiger charge is 2.55. The summed E-state index contributed by atoms with van der Waals surface area (Å²) in [5.41, 5.74) is 6.74. The third-order valence-electron chi connectivity index (χ3n) is 23.9. The van der Waals surface area contributed by atoms with Crippen molar-refractivity contribution in [2.45, 2.75) is 318 Å². The number of rotatable bonds is 6. The molecule has 87 heavy (non-hydrogen) atoms. The second-order valence-electron chi connectivity index (χ2n) is 30.9. The maximum atomic E-state index is 11.9. The van der Waals surface area contributed by atoms with Crippen molar-refractivity contribution in [1.29, 1.82) is 10.5 Å². The third-order valence-corrected chi connectivity index (χ3v) is 24.5. The highest BCUT2D eigenvalue weighted by atomic mass is 35.5. The first-order valence-electron chi connectivity index (χ1n) is 36.5. The molecule has 0 radical (unpaired) electrons. The Kier molecular flexibility index (Phi) is 25.9. The van der Waals surface area contributed by atoms with Crippen molar-refractivity contribution in [2.24, 2.45) is 52.3 Å². The van der Waals surface area contributed by atoms with Gasteiger partial charge in [-0.2, -0.15) is 5.26 Å². The molecule has 8 saturated carbocycles. The summed E-state index contributed by atoms with van der Waals surface area (Å²) in [6, 6.07) is 27.3. The second-order valence-corrected chi connectivity index (χ2v) is 35.6. The number of carbonyl (C=O) groups is 1. The van der Waals surface area contributed by atoms with E-state index >= 15 is 0 Å². The summed E-state index contributed by atoms with van der Waals surface area (Å²) < 4.78 is 0. The molecule has 1 aromatic heterocycles. The third kappa shape index (κ3) is 18.2. The Morgan fingerprint density at radius 2 is 1.03 bits per heavy atom. The Labute approximate surface area is 535 Å². The Hall–Kier alpha value is -3.51. The van der Waals surface area contributed by atoms with Gasteiger partial charge < -0.3 is 15.4 Å².